The molecule has 0 saturated carbocycles. The third kappa shape index (κ3) is 10.3. The van der Waals surface area contributed by atoms with Gasteiger partial charge in [-0.05, 0) is 57.4 Å². The number of amides is 5. The van der Waals surface area contributed by atoms with Gasteiger partial charge in [0.1, 0.15) is 12.1 Å². The molecule has 2 heterocycles. The smallest absolute Gasteiger partial charge is 0.414 e. The summed E-state index contributed by atoms with van der Waals surface area (Å²) in [5, 5.41) is 16.7. The van der Waals surface area contributed by atoms with E-state index in [2.05, 4.69) is 31.6 Å². The van der Waals surface area contributed by atoms with Crippen molar-refractivity contribution in [3.8, 4) is 0 Å². The molecule has 1 unspecified atom stereocenters. The molecule has 3 aromatic rings. The first-order valence-corrected chi connectivity index (χ1v) is 17.8. The maximum atomic E-state index is 13.9. The highest BCUT2D eigenvalue weighted by Crippen LogP contribution is 2.25. The number of carbonyl (C=O) groups excluding carboxylic acids is 5. The Bertz CT molecular complexity index is 1630. The Morgan fingerprint density at radius 1 is 0.960 bits per heavy atom. The zero-order valence-corrected chi connectivity index (χ0v) is 30.1. The molecule has 13 nitrogen and oxygen atoms in total. The number of nitrogens with zero attached hydrogens (tertiary/aromatic N) is 2. The molecule has 5 amide bonds. The molecule has 50 heavy (non-hydrogen) atoms. The summed E-state index contributed by atoms with van der Waals surface area (Å²) in [6, 6.07) is 11.9. The fraction of sp³-hybridized carbons (Fsp3) is 0.444. The van der Waals surface area contributed by atoms with Crippen LogP contribution >= 0.6 is 11.3 Å². The van der Waals surface area contributed by atoms with E-state index < -0.39 is 36.0 Å². The van der Waals surface area contributed by atoms with Crippen LogP contribution in [0.4, 0.5) is 10.5 Å². The number of hydrogen-bond acceptors (Lipinski definition) is 9. The second kappa shape index (κ2) is 17.7. The monoisotopic (exact) mass is 705 g/mol. The maximum absolute atomic E-state index is 13.9. The van der Waals surface area contributed by atoms with Gasteiger partial charge in [0.25, 0.3) is 11.8 Å². The van der Waals surface area contributed by atoms with Crippen LogP contribution < -0.4 is 31.5 Å². The molecule has 0 bridgehead atoms. The zero-order valence-electron chi connectivity index (χ0n) is 29.3. The second-order valence-electron chi connectivity index (χ2n) is 12.8. The van der Waals surface area contributed by atoms with E-state index in [1.54, 1.807) is 31.5 Å². The number of thiazole rings is 1. The number of benzene rings is 2. The van der Waals surface area contributed by atoms with Crippen LogP contribution in [0.15, 0.2) is 59.4 Å². The van der Waals surface area contributed by atoms with Gasteiger partial charge >= 0.3 is 6.09 Å². The average molecular weight is 706 g/mol. The molecule has 1 aliphatic rings. The highest BCUT2D eigenvalue weighted by molar-refractivity contribution is 7.07. The van der Waals surface area contributed by atoms with Crippen LogP contribution in [0.2, 0.25) is 0 Å². The number of carbonyl (C=O) groups is 5. The van der Waals surface area contributed by atoms with E-state index in [4.69, 9.17) is 4.74 Å². The summed E-state index contributed by atoms with van der Waals surface area (Å²) in [6.45, 7) is 11.8. The van der Waals surface area contributed by atoms with Crippen LogP contribution in [0.25, 0.3) is 0 Å². The van der Waals surface area contributed by atoms with Gasteiger partial charge in [0.2, 0.25) is 11.8 Å². The van der Waals surface area contributed by atoms with Gasteiger partial charge in [0.15, 0.2) is 0 Å². The summed E-state index contributed by atoms with van der Waals surface area (Å²) < 4.78 is 5.33. The fourth-order valence-corrected chi connectivity index (χ4v) is 6.06. The number of cyclic esters (lactones) is 1. The molecule has 5 atom stereocenters. The van der Waals surface area contributed by atoms with Crippen LogP contribution in [0.3, 0.4) is 0 Å². The Balaban J connectivity index is 1.54. The van der Waals surface area contributed by atoms with Crippen molar-refractivity contribution in [2.24, 2.45) is 5.92 Å². The van der Waals surface area contributed by atoms with Crippen molar-refractivity contribution in [3.63, 3.8) is 0 Å². The Morgan fingerprint density at radius 2 is 1.64 bits per heavy atom. The zero-order chi connectivity index (χ0) is 36.4. The highest BCUT2D eigenvalue weighted by atomic mass is 32.1. The molecule has 1 saturated heterocycles. The van der Waals surface area contributed by atoms with E-state index in [0.29, 0.717) is 18.7 Å². The first kappa shape index (κ1) is 38.0. The molecule has 1 aliphatic heterocycles. The van der Waals surface area contributed by atoms with Crippen LogP contribution in [0.5, 0.6) is 0 Å². The van der Waals surface area contributed by atoms with E-state index in [9.17, 15) is 24.0 Å². The van der Waals surface area contributed by atoms with Crippen LogP contribution in [0, 0.1) is 5.92 Å². The number of aromatic nitrogens is 1. The van der Waals surface area contributed by atoms with Crippen LogP contribution in [-0.2, 0) is 20.7 Å². The standard InChI is InChI=1S/C36H47N7O6S/c1-7-37-35(47)31(21(2)3)42-32(44)24(6)38-17-28(16-29-19-50-20-39-29)41-34(46)27-13-26(14-30(15-27)43-18-22(4)49-36(43)48)33(45)40-23(5)25-11-9-8-10-12-25/h8-15,19-24,28,31,38H,7,16-18H2,1-6H3,(H,37,47)(H,40,45)(H,41,46)(H,42,44)/t22?,23-,24+,28+,31+/m1/s1. The van der Waals surface area contributed by atoms with Gasteiger partial charge in [-0.3, -0.25) is 24.1 Å². The van der Waals surface area contributed by atoms with Crippen LogP contribution in [-0.4, -0.2) is 78.6 Å². The average Bonchev–Trinajstić information content (AvgIpc) is 3.73. The molecule has 2 aromatic carbocycles. The topological polar surface area (TPSA) is 171 Å². The Morgan fingerprint density at radius 3 is 2.22 bits per heavy atom. The summed E-state index contributed by atoms with van der Waals surface area (Å²) in [5.41, 5.74) is 4.10. The van der Waals surface area contributed by atoms with Crippen molar-refractivity contribution in [1.82, 2.24) is 31.6 Å². The minimum absolute atomic E-state index is 0.121. The second-order valence-corrected chi connectivity index (χ2v) is 13.5. The Labute approximate surface area is 296 Å². The third-order valence-electron chi connectivity index (χ3n) is 8.30. The minimum atomic E-state index is -0.692. The Kier molecular flexibility index (Phi) is 13.5. The quantitative estimate of drug-likeness (QED) is 0.151. The van der Waals surface area contributed by atoms with E-state index in [-0.39, 0.29) is 54.1 Å². The number of likely N-dealkylation sites (N-methyl/N-ethyl adjacent to an activating group) is 1. The predicted octanol–water partition coefficient (Wildman–Crippen LogP) is 3.58. The fourth-order valence-electron chi connectivity index (χ4n) is 5.49. The number of ether oxygens (including phenoxy) is 1. The van der Waals surface area contributed by atoms with Gasteiger partial charge in [-0.25, -0.2) is 9.78 Å². The van der Waals surface area contributed by atoms with E-state index in [1.165, 1.54) is 22.3 Å². The van der Waals surface area contributed by atoms with E-state index >= 15 is 0 Å². The van der Waals surface area contributed by atoms with Crippen molar-refractivity contribution in [1.29, 1.82) is 0 Å². The van der Waals surface area contributed by atoms with E-state index in [0.717, 1.165) is 11.3 Å². The molecule has 5 N–H and O–H groups in total. The van der Waals surface area contributed by atoms with Crippen LogP contribution in [0.1, 0.15) is 79.6 Å². The van der Waals surface area contributed by atoms with E-state index in [1.807, 2.05) is 63.4 Å². The number of anilines is 1. The molecule has 268 valence electrons. The number of hydrogen-bond donors (Lipinski definition) is 5. The molecular formula is C36H47N7O6S. The van der Waals surface area contributed by atoms with Gasteiger partial charge in [0.05, 0.1) is 29.8 Å². The predicted molar refractivity (Wildman–Crippen MR) is 192 cm³/mol. The SMILES string of the molecule is CCNC(=O)[C@@H](NC(=O)[C@H](C)NC[C@H](Cc1cscn1)NC(=O)c1cc(C(=O)N[C@H](C)c2ccccc2)cc(N2CC(C)OC2=O)c1)C(C)C. The lowest BCUT2D eigenvalue weighted by atomic mass is 10.0. The summed E-state index contributed by atoms with van der Waals surface area (Å²) in [7, 11) is 0. The molecule has 14 heteroatoms. The minimum Gasteiger partial charge on any atom is -0.444 e. The summed E-state index contributed by atoms with van der Waals surface area (Å²) in [5.74, 6) is -1.62. The normalized spacial score (nSPS) is 16.6. The van der Waals surface area contributed by atoms with Gasteiger partial charge in [0, 0.05) is 47.7 Å². The van der Waals surface area contributed by atoms with Gasteiger partial charge in [-0.1, -0.05) is 44.2 Å². The van der Waals surface area contributed by atoms with Gasteiger partial charge < -0.3 is 31.3 Å². The summed E-state index contributed by atoms with van der Waals surface area (Å²) in [4.78, 5) is 71.5. The van der Waals surface area contributed by atoms with Gasteiger partial charge in [-0.2, -0.15) is 0 Å². The maximum Gasteiger partial charge on any atom is 0.414 e. The third-order valence-corrected chi connectivity index (χ3v) is 8.93. The van der Waals surface area contributed by atoms with Crippen molar-refractivity contribution < 1.29 is 28.7 Å². The highest BCUT2D eigenvalue weighted by Gasteiger charge is 2.31. The Hall–Kier alpha value is -4.82. The molecule has 1 fully saturated rings. The first-order chi connectivity index (χ1) is 23.9. The lowest BCUT2D eigenvalue weighted by molar-refractivity contribution is -0.130. The first-order valence-electron chi connectivity index (χ1n) is 16.8. The molecular weight excluding hydrogens is 659 g/mol. The molecule has 0 aliphatic carbocycles. The number of nitrogens with one attached hydrogen (secondary N) is 5. The largest absolute Gasteiger partial charge is 0.444 e. The van der Waals surface area contributed by atoms with Crippen molar-refractivity contribution in [2.75, 3.05) is 24.5 Å². The number of rotatable bonds is 16. The van der Waals surface area contributed by atoms with Crippen molar-refractivity contribution in [2.45, 2.75) is 78.2 Å². The van der Waals surface area contributed by atoms with Gasteiger partial charge in [-0.15, -0.1) is 11.3 Å². The molecule has 0 spiro atoms. The molecule has 1 aromatic heterocycles. The summed E-state index contributed by atoms with van der Waals surface area (Å²) in [6.07, 6.45) is -0.564. The lowest BCUT2D eigenvalue weighted by Crippen LogP contribution is -2.55. The molecule has 0 radical (unpaired) electrons. The van der Waals surface area contributed by atoms with Crippen molar-refractivity contribution >= 4 is 46.7 Å². The molecule has 4 rings (SSSR count). The lowest BCUT2D eigenvalue weighted by Gasteiger charge is -2.25. The summed E-state index contributed by atoms with van der Waals surface area (Å²) >= 11 is 1.43. The van der Waals surface area contributed by atoms with Crippen molar-refractivity contribution in [3.05, 3.63) is 81.8 Å².